The van der Waals surface area contributed by atoms with Crippen molar-refractivity contribution in [3.63, 3.8) is 0 Å². The predicted octanol–water partition coefficient (Wildman–Crippen LogP) is 2.56. The van der Waals surface area contributed by atoms with Gasteiger partial charge in [0.1, 0.15) is 0 Å². The quantitative estimate of drug-likeness (QED) is 0.739. The molecule has 2 atom stereocenters. The maximum Gasteiger partial charge on any atom is 0.0693 e. The lowest BCUT2D eigenvalue weighted by atomic mass is 9.95. The van der Waals surface area contributed by atoms with Crippen molar-refractivity contribution in [2.75, 3.05) is 7.05 Å². The van der Waals surface area contributed by atoms with Gasteiger partial charge >= 0.3 is 0 Å². The average molecular weight is 213 g/mol. The number of hydrogen-bond donors (Lipinski definition) is 2. The molecule has 2 fully saturated rings. The van der Waals surface area contributed by atoms with E-state index in [0.717, 1.165) is 24.2 Å². The van der Waals surface area contributed by atoms with E-state index in [0.29, 0.717) is 6.04 Å². The molecule has 2 heteroatoms. The minimum atomic E-state index is -0.0833. The van der Waals surface area contributed by atoms with Crippen molar-refractivity contribution >= 4 is 0 Å². The van der Waals surface area contributed by atoms with Crippen molar-refractivity contribution in [2.24, 2.45) is 11.3 Å². The zero-order valence-electron chi connectivity index (χ0n) is 10.7. The van der Waals surface area contributed by atoms with Gasteiger partial charge < -0.3 is 10.4 Å². The monoisotopic (exact) mass is 213 g/mol. The van der Waals surface area contributed by atoms with E-state index in [9.17, 15) is 0 Å². The van der Waals surface area contributed by atoms with Crippen LogP contribution in [0.1, 0.15) is 52.9 Å². The summed E-state index contributed by atoms with van der Waals surface area (Å²) in [5, 5.41) is 12.2. The van der Waals surface area contributed by atoms with E-state index in [1.54, 1.807) is 0 Å². The van der Waals surface area contributed by atoms with Gasteiger partial charge in [-0.15, -0.1) is 0 Å². The molecule has 2 N–H and O–H groups in total. The molecule has 0 aromatic rings. The SMILES string of the molecule is CC(C)C1(C)CC1.CNC1CCCC1O. The molecule has 0 heterocycles. The minimum Gasteiger partial charge on any atom is -0.392 e. The first-order chi connectivity index (χ1) is 6.99. The summed E-state index contributed by atoms with van der Waals surface area (Å²) in [5.74, 6) is 0.910. The molecular formula is C13H27NO. The summed E-state index contributed by atoms with van der Waals surface area (Å²) in [7, 11) is 1.90. The van der Waals surface area contributed by atoms with Crippen LogP contribution in [0.15, 0.2) is 0 Å². The fourth-order valence-corrected chi connectivity index (χ4v) is 2.05. The molecule has 90 valence electrons. The van der Waals surface area contributed by atoms with E-state index in [4.69, 9.17) is 5.11 Å². The molecule has 2 aliphatic rings. The fourth-order valence-electron chi connectivity index (χ4n) is 2.05. The molecule has 0 amide bonds. The van der Waals surface area contributed by atoms with E-state index in [-0.39, 0.29) is 6.10 Å². The Labute approximate surface area is 94.5 Å². The minimum absolute atomic E-state index is 0.0833. The molecule has 0 bridgehead atoms. The molecule has 2 rings (SSSR count). The second-order valence-corrected chi connectivity index (χ2v) is 5.70. The van der Waals surface area contributed by atoms with Gasteiger partial charge in [0.05, 0.1) is 6.10 Å². The zero-order valence-corrected chi connectivity index (χ0v) is 10.7. The van der Waals surface area contributed by atoms with E-state index >= 15 is 0 Å². The highest BCUT2D eigenvalue weighted by Crippen LogP contribution is 2.50. The lowest BCUT2D eigenvalue weighted by Crippen LogP contribution is -2.32. The highest BCUT2D eigenvalue weighted by molar-refractivity contribution is 4.90. The number of aliphatic hydroxyl groups is 1. The number of nitrogens with one attached hydrogen (secondary N) is 1. The molecule has 0 spiro atoms. The standard InChI is InChI=1S/C7H14.C6H13NO/c1-6(2)7(3)4-5-7;1-7-5-3-2-4-6(5)8/h6H,4-5H2,1-3H3;5-8H,2-4H2,1H3. The Hall–Kier alpha value is -0.0800. The summed E-state index contributed by atoms with van der Waals surface area (Å²) in [6.45, 7) is 7.00. The lowest BCUT2D eigenvalue weighted by Gasteiger charge is -2.11. The smallest absolute Gasteiger partial charge is 0.0693 e. The first kappa shape index (κ1) is 13.0. The third kappa shape index (κ3) is 3.76. The van der Waals surface area contributed by atoms with Crippen molar-refractivity contribution in [1.29, 1.82) is 0 Å². The van der Waals surface area contributed by atoms with Crippen LogP contribution in [0.25, 0.3) is 0 Å². The number of likely N-dealkylation sites (N-methyl/N-ethyl adjacent to an activating group) is 1. The van der Waals surface area contributed by atoms with Crippen LogP contribution in [0.4, 0.5) is 0 Å². The highest BCUT2D eigenvalue weighted by Gasteiger charge is 2.39. The first-order valence-electron chi connectivity index (χ1n) is 6.35. The highest BCUT2D eigenvalue weighted by atomic mass is 16.3. The van der Waals surface area contributed by atoms with Gasteiger partial charge in [0.15, 0.2) is 0 Å². The molecule has 15 heavy (non-hydrogen) atoms. The Morgan fingerprint density at radius 2 is 1.87 bits per heavy atom. The number of aliphatic hydroxyl groups excluding tert-OH is 1. The Morgan fingerprint density at radius 1 is 1.27 bits per heavy atom. The van der Waals surface area contributed by atoms with Gasteiger partial charge in [0.2, 0.25) is 0 Å². The van der Waals surface area contributed by atoms with Gasteiger partial charge in [-0.2, -0.15) is 0 Å². The number of hydrogen-bond acceptors (Lipinski definition) is 2. The summed E-state index contributed by atoms with van der Waals surface area (Å²) < 4.78 is 0. The van der Waals surface area contributed by atoms with Gasteiger partial charge in [0.25, 0.3) is 0 Å². The molecule has 2 saturated carbocycles. The molecule has 0 saturated heterocycles. The Balaban J connectivity index is 0.000000151. The summed E-state index contributed by atoms with van der Waals surface area (Å²) in [6, 6.07) is 0.370. The maximum absolute atomic E-state index is 9.13. The largest absolute Gasteiger partial charge is 0.392 e. The van der Waals surface area contributed by atoms with Crippen LogP contribution in [0.3, 0.4) is 0 Å². The molecule has 0 radical (unpaired) electrons. The van der Waals surface area contributed by atoms with Crippen LogP contribution >= 0.6 is 0 Å². The Bertz CT molecular complexity index is 187. The van der Waals surface area contributed by atoms with E-state index < -0.39 is 0 Å². The second-order valence-electron chi connectivity index (χ2n) is 5.70. The summed E-state index contributed by atoms with van der Waals surface area (Å²) in [5.41, 5.74) is 0.750. The van der Waals surface area contributed by atoms with Crippen LogP contribution in [-0.4, -0.2) is 24.3 Å². The molecule has 0 aromatic heterocycles. The van der Waals surface area contributed by atoms with Gasteiger partial charge in [-0.05, 0) is 50.5 Å². The van der Waals surface area contributed by atoms with Crippen LogP contribution in [0.2, 0.25) is 0 Å². The van der Waals surface area contributed by atoms with Gasteiger partial charge in [-0.1, -0.05) is 20.8 Å². The molecule has 0 aromatic carbocycles. The van der Waals surface area contributed by atoms with E-state index in [1.807, 2.05) is 7.05 Å². The zero-order chi connectivity index (χ0) is 11.5. The van der Waals surface area contributed by atoms with Crippen LogP contribution in [0, 0.1) is 11.3 Å². The molecule has 2 nitrogen and oxygen atoms in total. The number of rotatable bonds is 2. The predicted molar refractivity (Wildman–Crippen MR) is 64.9 cm³/mol. The molecule has 2 aliphatic carbocycles. The third-order valence-electron chi connectivity index (χ3n) is 4.28. The summed E-state index contributed by atoms with van der Waals surface area (Å²) in [6.07, 6.45) is 6.13. The normalized spacial score (nSPS) is 32.4. The van der Waals surface area contributed by atoms with E-state index in [2.05, 4.69) is 26.1 Å². The summed E-state index contributed by atoms with van der Waals surface area (Å²) >= 11 is 0. The van der Waals surface area contributed by atoms with Crippen LogP contribution in [-0.2, 0) is 0 Å². The van der Waals surface area contributed by atoms with Gasteiger partial charge in [-0.3, -0.25) is 0 Å². The fraction of sp³-hybridized carbons (Fsp3) is 1.00. The van der Waals surface area contributed by atoms with Gasteiger partial charge in [-0.25, -0.2) is 0 Å². The van der Waals surface area contributed by atoms with Crippen molar-refractivity contribution < 1.29 is 5.11 Å². The lowest BCUT2D eigenvalue weighted by molar-refractivity contribution is 0.153. The summed E-state index contributed by atoms with van der Waals surface area (Å²) in [4.78, 5) is 0. The van der Waals surface area contributed by atoms with Crippen LogP contribution in [0.5, 0.6) is 0 Å². The molecule has 0 aliphatic heterocycles. The Kier molecular flexibility index (Phi) is 4.60. The topological polar surface area (TPSA) is 32.3 Å². The van der Waals surface area contributed by atoms with Gasteiger partial charge in [0, 0.05) is 6.04 Å². The molecule has 2 unspecified atom stereocenters. The Morgan fingerprint density at radius 3 is 2.00 bits per heavy atom. The van der Waals surface area contributed by atoms with Crippen molar-refractivity contribution in [2.45, 2.75) is 65.0 Å². The third-order valence-corrected chi connectivity index (χ3v) is 4.28. The van der Waals surface area contributed by atoms with Crippen LogP contribution < -0.4 is 5.32 Å². The molecular weight excluding hydrogens is 186 g/mol. The van der Waals surface area contributed by atoms with Crippen molar-refractivity contribution in [1.82, 2.24) is 5.32 Å². The van der Waals surface area contributed by atoms with E-state index in [1.165, 1.54) is 19.3 Å². The van der Waals surface area contributed by atoms with Crippen molar-refractivity contribution in [3.05, 3.63) is 0 Å². The maximum atomic E-state index is 9.13. The van der Waals surface area contributed by atoms with Crippen molar-refractivity contribution in [3.8, 4) is 0 Å². The average Bonchev–Trinajstić information content (AvgIpc) is 2.80. The first-order valence-corrected chi connectivity index (χ1v) is 6.35. The second kappa shape index (κ2) is 5.31.